The monoisotopic (exact) mass is 303 g/mol. The summed E-state index contributed by atoms with van der Waals surface area (Å²) in [6.45, 7) is 0.474. The molecule has 1 aliphatic rings. The number of hydrogen-bond acceptors (Lipinski definition) is 5. The van der Waals surface area contributed by atoms with Crippen LogP contribution in [-0.2, 0) is 19.6 Å². The highest BCUT2D eigenvalue weighted by atomic mass is 32.2. The van der Waals surface area contributed by atoms with Crippen LogP contribution in [0.15, 0.2) is 21.7 Å². The molecule has 0 bridgehead atoms. The van der Waals surface area contributed by atoms with Gasteiger partial charge in [0.25, 0.3) is 10.0 Å². The largest absolute Gasteiger partial charge is 0.469 e. The molecule has 0 aliphatic carbocycles. The molecule has 0 amide bonds. The standard InChI is InChI=1S/C12H17NO4S2/c1-17-11(14)9-10-5-2-3-7-13(10)19(15,16)12-6-4-8-18-12/h4,6,8,10H,2-3,5,7,9H2,1H3. The summed E-state index contributed by atoms with van der Waals surface area (Å²) in [5.74, 6) is -0.363. The summed E-state index contributed by atoms with van der Waals surface area (Å²) in [6.07, 6.45) is 2.61. The van der Waals surface area contributed by atoms with Gasteiger partial charge >= 0.3 is 5.97 Å². The van der Waals surface area contributed by atoms with Crippen molar-refractivity contribution >= 4 is 27.3 Å². The van der Waals surface area contributed by atoms with Gasteiger partial charge in [-0.15, -0.1) is 11.3 Å². The summed E-state index contributed by atoms with van der Waals surface area (Å²) in [6, 6.07) is 3.04. The molecule has 1 aromatic rings. The maximum atomic E-state index is 12.5. The van der Waals surface area contributed by atoms with Crippen LogP contribution < -0.4 is 0 Å². The van der Waals surface area contributed by atoms with E-state index in [4.69, 9.17) is 0 Å². The molecule has 0 N–H and O–H groups in total. The highest BCUT2D eigenvalue weighted by molar-refractivity contribution is 7.91. The fraction of sp³-hybridized carbons (Fsp3) is 0.583. The molecule has 1 atom stereocenters. The Morgan fingerprint density at radius 3 is 2.95 bits per heavy atom. The third kappa shape index (κ3) is 3.16. The zero-order valence-corrected chi connectivity index (χ0v) is 12.4. The number of methoxy groups -OCH3 is 1. The molecule has 5 nitrogen and oxygen atoms in total. The van der Waals surface area contributed by atoms with Crippen LogP contribution in [-0.4, -0.2) is 38.4 Å². The third-order valence-corrected chi connectivity index (χ3v) is 6.59. The van der Waals surface area contributed by atoms with E-state index in [2.05, 4.69) is 4.74 Å². The Morgan fingerprint density at radius 2 is 2.32 bits per heavy atom. The van der Waals surface area contributed by atoms with Crippen molar-refractivity contribution in [1.82, 2.24) is 4.31 Å². The van der Waals surface area contributed by atoms with E-state index in [1.807, 2.05) is 0 Å². The van der Waals surface area contributed by atoms with Crippen LogP contribution in [0.4, 0.5) is 0 Å². The molecule has 7 heteroatoms. The number of nitrogens with zero attached hydrogens (tertiary/aromatic N) is 1. The lowest BCUT2D eigenvalue weighted by atomic mass is 10.0. The van der Waals surface area contributed by atoms with Gasteiger partial charge in [0.2, 0.25) is 0 Å². The van der Waals surface area contributed by atoms with Crippen molar-refractivity contribution in [3.05, 3.63) is 17.5 Å². The fourth-order valence-corrected chi connectivity index (χ4v) is 5.11. The fourth-order valence-electron chi connectivity index (χ4n) is 2.30. The molecule has 0 aromatic carbocycles. The van der Waals surface area contributed by atoms with E-state index in [-0.39, 0.29) is 18.4 Å². The van der Waals surface area contributed by atoms with Gasteiger partial charge in [-0.3, -0.25) is 4.79 Å². The maximum Gasteiger partial charge on any atom is 0.307 e. The first-order valence-electron chi connectivity index (χ1n) is 6.18. The molecule has 106 valence electrons. The van der Waals surface area contributed by atoms with E-state index in [0.717, 1.165) is 12.8 Å². The van der Waals surface area contributed by atoms with Crippen molar-refractivity contribution < 1.29 is 17.9 Å². The quantitative estimate of drug-likeness (QED) is 0.796. The van der Waals surface area contributed by atoms with Gasteiger partial charge in [0.1, 0.15) is 4.21 Å². The minimum atomic E-state index is -3.48. The number of carbonyl (C=O) groups is 1. The van der Waals surface area contributed by atoms with Gasteiger partial charge < -0.3 is 4.74 Å². The molecule has 19 heavy (non-hydrogen) atoms. The van der Waals surface area contributed by atoms with Gasteiger partial charge in [0.05, 0.1) is 13.5 Å². The SMILES string of the molecule is COC(=O)CC1CCCCN1S(=O)(=O)c1cccs1. The van der Waals surface area contributed by atoms with E-state index in [1.54, 1.807) is 17.5 Å². The number of thiophene rings is 1. The Bertz CT molecular complexity index is 524. The minimum Gasteiger partial charge on any atom is -0.469 e. The van der Waals surface area contributed by atoms with Crippen molar-refractivity contribution in [1.29, 1.82) is 0 Å². The number of carbonyl (C=O) groups excluding carboxylic acids is 1. The molecule has 1 fully saturated rings. The molecular formula is C12H17NO4S2. The summed E-state index contributed by atoms with van der Waals surface area (Å²) < 4.78 is 31.5. The topological polar surface area (TPSA) is 63.7 Å². The Kier molecular flexibility index (Phi) is 4.59. The molecule has 1 aromatic heterocycles. The number of ether oxygens (including phenoxy) is 1. The van der Waals surface area contributed by atoms with Gasteiger partial charge in [0, 0.05) is 12.6 Å². The average molecular weight is 303 g/mol. The molecule has 0 radical (unpaired) electrons. The van der Waals surface area contributed by atoms with Crippen LogP contribution in [0.25, 0.3) is 0 Å². The molecule has 0 saturated carbocycles. The van der Waals surface area contributed by atoms with Crippen molar-refractivity contribution in [2.45, 2.75) is 35.9 Å². The summed E-state index contributed by atoms with van der Waals surface area (Å²) in [5, 5.41) is 1.74. The molecule has 2 rings (SSSR count). The molecule has 1 unspecified atom stereocenters. The summed E-state index contributed by atoms with van der Waals surface area (Å²) in [4.78, 5) is 11.4. The van der Waals surface area contributed by atoms with Crippen molar-refractivity contribution in [3.8, 4) is 0 Å². The van der Waals surface area contributed by atoms with Crippen LogP contribution in [0.2, 0.25) is 0 Å². The zero-order chi connectivity index (χ0) is 13.9. The highest BCUT2D eigenvalue weighted by Gasteiger charge is 2.35. The first kappa shape index (κ1) is 14.5. The predicted octanol–water partition coefficient (Wildman–Crippen LogP) is 1.85. The lowest BCUT2D eigenvalue weighted by Gasteiger charge is -2.33. The van der Waals surface area contributed by atoms with Crippen molar-refractivity contribution in [2.75, 3.05) is 13.7 Å². The van der Waals surface area contributed by atoms with E-state index in [1.165, 1.54) is 22.8 Å². The van der Waals surface area contributed by atoms with Crippen LogP contribution in [0.3, 0.4) is 0 Å². The summed E-state index contributed by atoms with van der Waals surface area (Å²) >= 11 is 1.20. The van der Waals surface area contributed by atoms with E-state index in [0.29, 0.717) is 17.2 Å². The summed E-state index contributed by atoms with van der Waals surface area (Å²) in [5.41, 5.74) is 0. The van der Waals surface area contributed by atoms with Crippen LogP contribution in [0.1, 0.15) is 25.7 Å². The van der Waals surface area contributed by atoms with Gasteiger partial charge in [-0.05, 0) is 24.3 Å². The number of rotatable bonds is 4. The summed E-state index contributed by atoms with van der Waals surface area (Å²) in [7, 11) is -2.15. The lowest BCUT2D eigenvalue weighted by Crippen LogP contribution is -2.44. The first-order valence-corrected chi connectivity index (χ1v) is 8.50. The molecular weight excluding hydrogens is 286 g/mol. The maximum absolute atomic E-state index is 12.5. The second kappa shape index (κ2) is 6.02. The van der Waals surface area contributed by atoms with E-state index < -0.39 is 10.0 Å². The van der Waals surface area contributed by atoms with Gasteiger partial charge in [-0.1, -0.05) is 12.5 Å². The first-order chi connectivity index (χ1) is 9.05. The van der Waals surface area contributed by atoms with Gasteiger partial charge in [-0.25, -0.2) is 8.42 Å². The Hall–Kier alpha value is -0.920. The van der Waals surface area contributed by atoms with Gasteiger partial charge in [0.15, 0.2) is 0 Å². The molecule has 2 heterocycles. The average Bonchev–Trinajstić information content (AvgIpc) is 2.93. The Morgan fingerprint density at radius 1 is 1.53 bits per heavy atom. The minimum absolute atomic E-state index is 0.126. The smallest absolute Gasteiger partial charge is 0.307 e. The second-order valence-electron chi connectivity index (χ2n) is 4.48. The van der Waals surface area contributed by atoms with E-state index in [9.17, 15) is 13.2 Å². The highest BCUT2D eigenvalue weighted by Crippen LogP contribution is 2.29. The van der Waals surface area contributed by atoms with Crippen LogP contribution in [0.5, 0.6) is 0 Å². The van der Waals surface area contributed by atoms with Gasteiger partial charge in [-0.2, -0.15) is 4.31 Å². The van der Waals surface area contributed by atoms with Crippen LogP contribution >= 0.6 is 11.3 Å². The number of esters is 1. The number of hydrogen-bond donors (Lipinski definition) is 0. The van der Waals surface area contributed by atoms with Crippen LogP contribution in [0, 0.1) is 0 Å². The Balaban J connectivity index is 2.22. The van der Waals surface area contributed by atoms with Crippen molar-refractivity contribution in [2.24, 2.45) is 0 Å². The molecule has 1 aliphatic heterocycles. The zero-order valence-electron chi connectivity index (χ0n) is 10.7. The normalized spacial score (nSPS) is 21.2. The number of sulfonamides is 1. The third-order valence-electron chi connectivity index (χ3n) is 3.26. The predicted molar refractivity (Wildman–Crippen MR) is 72.5 cm³/mol. The lowest BCUT2D eigenvalue weighted by molar-refractivity contribution is -0.141. The van der Waals surface area contributed by atoms with Crippen molar-refractivity contribution in [3.63, 3.8) is 0 Å². The Labute approximate surface area is 117 Å². The molecule has 0 spiro atoms. The number of piperidine rings is 1. The van der Waals surface area contributed by atoms with E-state index >= 15 is 0 Å². The second-order valence-corrected chi connectivity index (χ2v) is 7.54. The molecule has 1 saturated heterocycles.